The van der Waals surface area contributed by atoms with Crippen molar-refractivity contribution in [3.05, 3.63) is 0 Å². The van der Waals surface area contributed by atoms with Gasteiger partial charge < -0.3 is 15.1 Å². The molecule has 3 atom stereocenters. The molecule has 15 heavy (non-hydrogen) atoms. The predicted molar refractivity (Wildman–Crippen MR) is 48.9 cm³/mol. The van der Waals surface area contributed by atoms with Gasteiger partial charge in [0.25, 0.3) is 0 Å². The van der Waals surface area contributed by atoms with Gasteiger partial charge in [-0.3, -0.25) is 9.36 Å². The maximum absolute atomic E-state index is 12.7. The van der Waals surface area contributed by atoms with Crippen molar-refractivity contribution in [1.82, 2.24) is 0 Å². The zero-order valence-electron chi connectivity index (χ0n) is 7.96. The van der Waals surface area contributed by atoms with Gasteiger partial charge in [0.1, 0.15) is 0 Å². The smallest absolute Gasteiger partial charge is 0.338 e. The summed E-state index contributed by atoms with van der Waals surface area (Å²) in [5.41, 5.74) is 0. The van der Waals surface area contributed by atoms with Crippen LogP contribution in [0.2, 0.25) is 0 Å². The summed E-state index contributed by atoms with van der Waals surface area (Å²) in [6.07, 6.45) is -3.77. The second kappa shape index (κ2) is 5.23. The summed E-state index contributed by atoms with van der Waals surface area (Å²) < 4.78 is 23.6. The molecule has 0 heterocycles. The van der Waals surface area contributed by atoms with Crippen molar-refractivity contribution >= 4 is 19.3 Å². The number of rotatable bonds is 6. The van der Waals surface area contributed by atoms with Crippen LogP contribution in [0, 0.1) is 5.92 Å². The van der Waals surface area contributed by atoms with Gasteiger partial charge in [-0.2, -0.15) is 0 Å². The lowest BCUT2D eigenvalue weighted by Crippen LogP contribution is -2.26. The third-order valence-corrected chi connectivity index (χ3v) is 2.79. The minimum absolute atomic E-state index is 0.629. The second-order valence-electron chi connectivity index (χ2n) is 3.31. The molecule has 88 valence electrons. The molecule has 0 aromatic heterocycles. The van der Waals surface area contributed by atoms with Crippen molar-refractivity contribution in [2.45, 2.75) is 12.6 Å². The molecule has 0 aromatic rings. The number of hydrogen-bond donors (Lipinski definition) is 3. The Hall–Kier alpha value is -0.940. The zero-order chi connectivity index (χ0) is 12.2. The Morgan fingerprint density at radius 1 is 1.33 bits per heavy atom. The summed E-state index contributed by atoms with van der Waals surface area (Å²) in [7, 11) is -3.60. The van der Waals surface area contributed by atoms with E-state index < -0.39 is 44.0 Å². The van der Waals surface area contributed by atoms with Crippen molar-refractivity contribution in [3.8, 4) is 0 Å². The molecule has 0 saturated heterocycles. The van der Waals surface area contributed by atoms with Crippen LogP contribution in [0.1, 0.15) is 6.42 Å². The van der Waals surface area contributed by atoms with Gasteiger partial charge in [-0.25, -0.2) is 9.18 Å². The summed E-state index contributed by atoms with van der Waals surface area (Å²) in [6, 6.07) is 0. The summed E-state index contributed by atoms with van der Waals surface area (Å²) in [6.45, 7) is 0.941. The van der Waals surface area contributed by atoms with Crippen molar-refractivity contribution in [3.63, 3.8) is 0 Å². The fraction of sp³-hybridized carbons (Fsp3) is 0.714. The van der Waals surface area contributed by atoms with E-state index in [-0.39, 0.29) is 0 Å². The summed E-state index contributed by atoms with van der Waals surface area (Å²) in [5, 5.41) is 16.8. The first-order valence-corrected chi connectivity index (χ1v) is 6.31. The van der Waals surface area contributed by atoms with E-state index in [1.165, 1.54) is 0 Å². The lowest BCUT2D eigenvalue weighted by atomic mass is 10.1. The molecule has 8 heteroatoms. The monoisotopic (exact) mass is 242 g/mol. The average Bonchev–Trinajstić information content (AvgIpc) is 1.99. The number of carboxylic acid groups (broad SMARTS) is 2. The SMILES string of the molecule is CP(=O)(O)CC(CC(F)C(=O)O)C(=O)O. The van der Waals surface area contributed by atoms with Crippen molar-refractivity contribution in [1.29, 1.82) is 0 Å². The van der Waals surface area contributed by atoms with Crippen LogP contribution in [-0.2, 0) is 14.2 Å². The van der Waals surface area contributed by atoms with Crippen LogP contribution in [0.4, 0.5) is 4.39 Å². The molecule has 0 amide bonds. The maximum Gasteiger partial charge on any atom is 0.338 e. The van der Waals surface area contributed by atoms with Gasteiger partial charge in [0, 0.05) is 19.2 Å². The van der Waals surface area contributed by atoms with Crippen LogP contribution in [-0.4, -0.2) is 46.0 Å². The van der Waals surface area contributed by atoms with Crippen LogP contribution in [0.25, 0.3) is 0 Å². The molecule has 0 radical (unpaired) electrons. The molecule has 0 bridgehead atoms. The highest BCUT2D eigenvalue weighted by Crippen LogP contribution is 2.38. The van der Waals surface area contributed by atoms with Crippen LogP contribution in [0.15, 0.2) is 0 Å². The molecule has 0 aromatic carbocycles. The third kappa shape index (κ3) is 6.19. The van der Waals surface area contributed by atoms with Crippen LogP contribution in [0.3, 0.4) is 0 Å². The number of hydrogen-bond acceptors (Lipinski definition) is 3. The first kappa shape index (κ1) is 14.1. The van der Waals surface area contributed by atoms with E-state index in [0.29, 0.717) is 0 Å². The van der Waals surface area contributed by atoms with E-state index in [1.807, 2.05) is 0 Å². The lowest BCUT2D eigenvalue weighted by molar-refractivity contribution is -0.146. The molecule has 0 aliphatic heterocycles. The fourth-order valence-corrected chi connectivity index (χ4v) is 2.14. The molecule has 0 saturated carbocycles. The van der Waals surface area contributed by atoms with Gasteiger partial charge in [0.15, 0.2) is 13.5 Å². The topological polar surface area (TPSA) is 112 Å². The van der Waals surface area contributed by atoms with Gasteiger partial charge >= 0.3 is 11.9 Å². The molecule has 6 nitrogen and oxygen atoms in total. The summed E-state index contributed by atoms with van der Waals surface area (Å²) in [5.74, 6) is -4.71. The van der Waals surface area contributed by atoms with Gasteiger partial charge in [0.05, 0.1) is 5.92 Å². The minimum Gasteiger partial charge on any atom is -0.481 e. The fourth-order valence-electron chi connectivity index (χ4n) is 1.01. The second-order valence-corrected chi connectivity index (χ2v) is 5.78. The van der Waals surface area contributed by atoms with E-state index in [1.54, 1.807) is 0 Å². The van der Waals surface area contributed by atoms with E-state index >= 15 is 0 Å². The Morgan fingerprint density at radius 3 is 2.07 bits per heavy atom. The third-order valence-electron chi connectivity index (χ3n) is 1.67. The Morgan fingerprint density at radius 2 is 1.80 bits per heavy atom. The molecule has 3 N–H and O–H groups in total. The maximum atomic E-state index is 12.7. The van der Waals surface area contributed by atoms with Gasteiger partial charge in [-0.05, 0) is 0 Å². The molecule has 0 fully saturated rings. The van der Waals surface area contributed by atoms with E-state index in [2.05, 4.69) is 0 Å². The molecule has 0 rings (SSSR count). The number of aliphatic carboxylic acids is 2. The number of halogens is 1. The average molecular weight is 242 g/mol. The Balaban J connectivity index is 4.49. The van der Waals surface area contributed by atoms with E-state index in [0.717, 1.165) is 6.66 Å². The number of alkyl halides is 1. The van der Waals surface area contributed by atoms with Gasteiger partial charge in [-0.15, -0.1) is 0 Å². The summed E-state index contributed by atoms with van der Waals surface area (Å²) >= 11 is 0. The molecule has 0 aliphatic carbocycles. The highest BCUT2D eigenvalue weighted by Gasteiger charge is 2.30. The first-order chi connectivity index (χ1) is 6.63. The van der Waals surface area contributed by atoms with Crippen LogP contribution in [0.5, 0.6) is 0 Å². The zero-order valence-corrected chi connectivity index (χ0v) is 8.85. The first-order valence-electron chi connectivity index (χ1n) is 4.02. The quantitative estimate of drug-likeness (QED) is 0.581. The molecule has 3 unspecified atom stereocenters. The van der Waals surface area contributed by atoms with Gasteiger partial charge in [0.2, 0.25) is 0 Å². The van der Waals surface area contributed by atoms with Crippen molar-refractivity contribution in [2.24, 2.45) is 5.92 Å². The minimum atomic E-state index is -3.60. The van der Waals surface area contributed by atoms with Crippen molar-refractivity contribution < 1.29 is 33.7 Å². The molecule has 0 spiro atoms. The number of carbonyl (C=O) groups is 2. The van der Waals surface area contributed by atoms with Crippen LogP contribution >= 0.6 is 7.37 Å². The van der Waals surface area contributed by atoms with E-state index in [4.69, 9.17) is 15.1 Å². The normalized spacial score (nSPS) is 18.9. The molecular formula is C7H12FO6P. The highest BCUT2D eigenvalue weighted by atomic mass is 31.2. The lowest BCUT2D eigenvalue weighted by Gasteiger charge is -2.14. The molecule has 0 aliphatic rings. The Labute approximate surface area is 85.2 Å². The van der Waals surface area contributed by atoms with Crippen molar-refractivity contribution in [2.75, 3.05) is 12.8 Å². The summed E-state index contributed by atoms with van der Waals surface area (Å²) in [4.78, 5) is 29.6. The number of carboxylic acids is 2. The largest absolute Gasteiger partial charge is 0.481 e. The van der Waals surface area contributed by atoms with Crippen LogP contribution < -0.4 is 0 Å². The standard InChI is InChI=1S/C7H12FO6P/c1-15(13,14)3-4(6(9)10)2-5(8)7(11)12/h4-5H,2-3H2,1H3,(H,9,10)(H,11,12)(H,13,14). The Bertz CT molecular complexity index is 298. The predicted octanol–water partition coefficient (Wildman–Crippen LogP) is 0.400. The highest BCUT2D eigenvalue weighted by molar-refractivity contribution is 7.57. The van der Waals surface area contributed by atoms with Gasteiger partial charge in [-0.1, -0.05) is 0 Å². The van der Waals surface area contributed by atoms with E-state index in [9.17, 15) is 18.5 Å². The Kier molecular flexibility index (Phi) is 4.90. The molecular weight excluding hydrogens is 230 g/mol.